The quantitative estimate of drug-likeness (QED) is 0.543. The summed E-state index contributed by atoms with van der Waals surface area (Å²) in [5.41, 5.74) is 0.941. The first-order chi connectivity index (χ1) is 17.6. The predicted octanol–water partition coefficient (Wildman–Crippen LogP) is 4.38. The van der Waals surface area contributed by atoms with Crippen LogP contribution in [0, 0.1) is 11.2 Å². The molecule has 196 valence electrons. The van der Waals surface area contributed by atoms with Gasteiger partial charge >= 0.3 is 12.1 Å². The monoisotopic (exact) mass is 509 g/mol. The zero-order chi connectivity index (χ0) is 26.3. The van der Waals surface area contributed by atoms with Crippen molar-refractivity contribution in [3.63, 3.8) is 0 Å². The van der Waals surface area contributed by atoms with E-state index in [4.69, 9.17) is 0 Å². The van der Waals surface area contributed by atoms with Crippen LogP contribution in [0.5, 0.6) is 0 Å². The third-order valence-corrected chi connectivity index (χ3v) is 7.20. The van der Waals surface area contributed by atoms with Crippen LogP contribution >= 0.6 is 0 Å². The first-order valence-corrected chi connectivity index (χ1v) is 12.6. The van der Waals surface area contributed by atoms with Gasteiger partial charge in [0.15, 0.2) is 0 Å². The standard InChI is InChI=1S/C26H32FN7O3/c1-26(2,3)21-16-32(12-13-33(21)25(36)37)22-15-28-23-30-20(8-11-34(22)23)18-14-17(6-7-19(18)27)29-24(35)31-9-4-5-10-31/h6-8,11,14-15,21H,4-5,9-10,12-13,16H2,1-3H3,(H,29,35)(H,36,37). The van der Waals surface area contributed by atoms with Crippen LogP contribution in [0.25, 0.3) is 17.0 Å². The molecule has 0 radical (unpaired) electrons. The Morgan fingerprint density at radius 1 is 1.11 bits per heavy atom. The van der Waals surface area contributed by atoms with Gasteiger partial charge < -0.3 is 25.1 Å². The smallest absolute Gasteiger partial charge is 0.407 e. The lowest BCUT2D eigenvalue weighted by Crippen LogP contribution is -2.59. The molecule has 2 N–H and O–H groups in total. The second kappa shape index (κ2) is 9.53. The van der Waals surface area contributed by atoms with Gasteiger partial charge in [-0.1, -0.05) is 20.8 Å². The number of urea groups is 1. The molecule has 10 nitrogen and oxygen atoms in total. The number of halogens is 1. The molecular formula is C26H32FN7O3. The van der Waals surface area contributed by atoms with Gasteiger partial charge in [0.05, 0.1) is 17.9 Å². The number of carboxylic acid groups (broad SMARTS) is 1. The van der Waals surface area contributed by atoms with Crippen molar-refractivity contribution in [1.29, 1.82) is 0 Å². The molecule has 0 aliphatic carbocycles. The van der Waals surface area contributed by atoms with Crippen molar-refractivity contribution < 1.29 is 19.1 Å². The summed E-state index contributed by atoms with van der Waals surface area (Å²) in [4.78, 5) is 38.7. The van der Waals surface area contributed by atoms with Crippen molar-refractivity contribution >= 4 is 29.4 Å². The fraction of sp³-hybridized carbons (Fsp3) is 0.462. The maximum Gasteiger partial charge on any atom is 0.407 e. The average molecular weight is 510 g/mol. The van der Waals surface area contributed by atoms with E-state index in [9.17, 15) is 19.1 Å². The number of fused-ring (bicyclic) bond motifs is 1. The highest BCUT2D eigenvalue weighted by Gasteiger charge is 2.38. The van der Waals surface area contributed by atoms with Crippen LogP contribution in [0.4, 0.5) is 25.5 Å². The highest BCUT2D eigenvalue weighted by atomic mass is 19.1. The van der Waals surface area contributed by atoms with Gasteiger partial charge in [0.2, 0.25) is 5.78 Å². The summed E-state index contributed by atoms with van der Waals surface area (Å²) in [6.45, 7) is 9.00. The molecule has 0 spiro atoms. The summed E-state index contributed by atoms with van der Waals surface area (Å²) >= 11 is 0. The van der Waals surface area contributed by atoms with Crippen LogP contribution in [0.1, 0.15) is 33.6 Å². The Labute approximate surface area is 214 Å². The molecule has 2 aliphatic rings. The van der Waals surface area contributed by atoms with Crippen molar-refractivity contribution in [2.24, 2.45) is 5.41 Å². The Hall–Kier alpha value is -3.89. The molecule has 3 amide bonds. The fourth-order valence-corrected chi connectivity index (χ4v) is 5.13. The van der Waals surface area contributed by atoms with Crippen molar-refractivity contribution in [3.8, 4) is 11.3 Å². The summed E-state index contributed by atoms with van der Waals surface area (Å²) in [5.74, 6) is 0.771. The van der Waals surface area contributed by atoms with Crippen molar-refractivity contribution in [1.82, 2.24) is 24.2 Å². The van der Waals surface area contributed by atoms with E-state index in [1.165, 1.54) is 11.0 Å². The van der Waals surface area contributed by atoms with Gasteiger partial charge in [-0.05, 0) is 42.5 Å². The van der Waals surface area contributed by atoms with Gasteiger partial charge in [-0.25, -0.2) is 23.9 Å². The molecular weight excluding hydrogens is 477 g/mol. The van der Waals surface area contributed by atoms with Gasteiger partial charge in [-0.15, -0.1) is 0 Å². The van der Waals surface area contributed by atoms with Crippen LogP contribution in [0.3, 0.4) is 0 Å². The minimum Gasteiger partial charge on any atom is -0.465 e. The molecule has 1 aromatic carbocycles. The molecule has 1 atom stereocenters. The second-order valence-corrected chi connectivity index (χ2v) is 10.7. The summed E-state index contributed by atoms with van der Waals surface area (Å²) < 4.78 is 16.6. The van der Waals surface area contributed by atoms with Crippen LogP contribution in [0.2, 0.25) is 0 Å². The van der Waals surface area contributed by atoms with E-state index in [0.29, 0.717) is 36.8 Å². The molecule has 2 aromatic heterocycles. The number of piperazine rings is 1. The topological polar surface area (TPSA) is 106 Å². The molecule has 1 unspecified atom stereocenters. The first-order valence-electron chi connectivity index (χ1n) is 12.6. The number of benzene rings is 1. The molecule has 11 heteroatoms. The number of carbonyl (C=O) groups excluding carboxylic acids is 1. The van der Waals surface area contributed by atoms with Gasteiger partial charge in [0, 0.05) is 50.2 Å². The van der Waals surface area contributed by atoms with E-state index in [0.717, 1.165) is 31.7 Å². The van der Waals surface area contributed by atoms with Gasteiger partial charge in [0.25, 0.3) is 0 Å². The number of rotatable bonds is 3. The molecule has 2 saturated heterocycles. The van der Waals surface area contributed by atoms with E-state index < -0.39 is 11.9 Å². The lowest BCUT2D eigenvalue weighted by atomic mass is 9.84. The molecule has 3 aromatic rings. The van der Waals surface area contributed by atoms with Crippen LogP contribution < -0.4 is 10.2 Å². The third kappa shape index (κ3) is 4.90. The number of nitrogens with one attached hydrogen (secondary N) is 1. The van der Waals surface area contributed by atoms with Gasteiger partial charge in [-0.3, -0.25) is 4.40 Å². The minimum absolute atomic E-state index is 0.187. The van der Waals surface area contributed by atoms with Gasteiger partial charge in [0.1, 0.15) is 11.6 Å². The van der Waals surface area contributed by atoms with E-state index in [1.54, 1.807) is 35.5 Å². The normalized spacial score (nSPS) is 18.5. The van der Waals surface area contributed by atoms with Crippen LogP contribution in [0.15, 0.2) is 36.7 Å². The van der Waals surface area contributed by atoms with Crippen molar-refractivity contribution in [2.75, 3.05) is 42.9 Å². The zero-order valence-electron chi connectivity index (χ0n) is 21.3. The fourth-order valence-electron chi connectivity index (χ4n) is 5.13. The lowest BCUT2D eigenvalue weighted by molar-refractivity contribution is 0.0746. The van der Waals surface area contributed by atoms with Crippen molar-refractivity contribution in [3.05, 3.63) is 42.5 Å². The summed E-state index contributed by atoms with van der Waals surface area (Å²) in [6, 6.07) is 5.80. The molecule has 37 heavy (non-hydrogen) atoms. The summed E-state index contributed by atoms with van der Waals surface area (Å²) in [7, 11) is 0. The van der Waals surface area contributed by atoms with Crippen molar-refractivity contribution in [2.45, 2.75) is 39.7 Å². The van der Waals surface area contributed by atoms with Gasteiger partial charge in [-0.2, -0.15) is 0 Å². The number of anilines is 2. The highest BCUT2D eigenvalue weighted by molar-refractivity contribution is 5.90. The number of hydrogen-bond donors (Lipinski definition) is 2. The number of nitrogens with zero attached hydrogens (tertiary/aromatic N) is 6. The Balaban J connectivity index is 1.40. The Morgan fingerprint density at radius 2 is 1.86 bits per heavy atom. The Bertz CT molecular complexity index is 1330. The number of imidazole rings is 1. The van der Waals surface area contributed by atoms with Crippen LogP contribution in [-0.2, 0) is 0 Å². The number of hydrogen-bond acceptors (Lipinski definition) is 5. The molecule has 0 bridgehead atoms. The van der Waals surface area contributed by atoms with E-state index in [-0.39, 0.29) is 23.1 Å². The SMILES string of the molecule is CC(C)(C)C1CN(c2cnc3nc(-c4cc(NC(=O)N5CCCC5)ccc4F)ccn23)CCN1C(=O)O. The first kappa shape index (κ1) is 24.8. The third-order valence-electron chi connectivity index (χ3n) is 7.20. The maximum atomic E-state index is 14.8. The minimum atomic E-state index is -0.912. The lowest BCUT2D eigenvalue weighted by Gasteiger charge is -2.46. The maximum absolute atomic E-state index is 14.8. The average Bonchev–Trinajstić information content (AvgIpc) is 3.54. The molecule has 4 heterocycles. The molecule has 2 fully saturated rings. The molecule has 0 saturated carbocycles. The predicted molar refractivity (Wildman–Crippen MR) is 138 cm³/mol. The Morgan fingerprint density at radius 3 is 2.57 bits per heavy atom. The van der Waals surface area contributed by atoms with E-state index >= 15 is 0 Å². The van der Waals surface area contributed by atoms with Crippen LogP contribution in [-0.4, -0.2) is 80.2 Å². The number of amides is 3. The van der Waals surface area contributed by atoms with E-state index in [1.807, 2.05) is 25.2 Å². The Kier molecular flexibility index (Phi) is 6.38. The zero-order valence-corrected chi connectivity index (χ0v) is 21.3. The largest absolute Gasteiger partial charge is 0.465 e. The molecule has 5 rings (SSSR count). The molecule has 2 aliphatic heterocycles. The summed E-state index contributed by atoms with van der Waals surface area (Å²) in [5, 5.41) is 12.5. The summed E-state index contributed by atoms with van der Waals surface area (Å²) in [6.07, 6.45) is 4.58. The van der Waals surface area contributed by atoms with E-state index in [2.05, 4.69) is 20.2 Å². The highest BCUT2D eigenvalue weighted by Crippen LogP contribution is 2.31. The number of carbonyl (C=O) groups is 2. The number of likely N-dealkylation sites (tertiary alicyclic amines) is 1. The number of aromatic nitrogens is 3. The second-order valence-electron chi connectivity index (χ2n) is 10.7.